The molecule has 1 aromatic heterocycles. The first-order chi connectivity index (χ1) is 6.77. The number of nitrogens with one attached hydrogen (secondary N) is 1. The van der Waals surface area contributed by atoms with Crippen molar-refractivity contribution in [1.29, 1.82) is 0 Å². The molecule has 1 N–H and O–H groups in total. The van der Waals surface area contributed by atoms with Crippen molar-refractivity contribution in [3.8, 4) is 0 Å². The van der Waals surface area contributed by atoms with Crippen LogP contribution in [0.1, 0.15) is 40.0 Å². The van der Waals surface area contributed by atoms with E-state index in [0.717, 1.165) is 18.8 Å². The highest BCUT2D eigenvalue weighted by Crippen LogP contribution is 2.10. The largest absolute Gasteiger partial charge is 0.368 e. The van der Waals surface area contributed by atoms with Crippen LogP contribution in [-0.2, 0) is 6.54 Å². The number of aryl methyl sites for hydroxylation is 1. The number of hydrogen-bond donors (Lipinski definition) is 1. The molecule has 0 aliphatic carbocycles. The number of hydrogen-bond acceptors (Lipinski definition) is 2. The molecule has 0 aliphatic heterocycles. The Kier molecular flexibility index (Phi) is 4.50. The summed E-state index contributed by atoms with van der Waals surface area (Å²) < 4.78 is 2.03. The minimum absolute atomic E-state index is 0.535. The average molecular weight is 195 g/mol. The van der Waals surface area contributed by atoms with E-state index in [1.165, 1.54) is 12.8 Å². The van der Waals surface area contributed by atoms with Crippen LogP contribution in [0.5, 0.6) is 0 Å². The maximum absolute atomic E-state index is 4.27. The van der Waals surface area contributed by atoms with Gasteiger partial charge >= 0.3 is 0 Å². The van der Waals surface area contributed by atoms with E-state index < -0.39 is 0 Å². The molecule has 0 saturated heterocycles. The monoisotopic (exact) mass is 195 g/mol. The van der Waals surface area contributed by atoms with Gasteiger partial charge in [0.15, 0.2) is 0 Å². The predicted molar refractivity (Wildman–Crippen MR) is 60.5 cm³/mol. The summed E-state index contributed by atoms with van der Waals surface area (Å²) in [5.74, 6) is 1.15. The molecule has 1 rings (SSSR count). The van der Waals surface area contributed by atoms with Crippen molar-refractivity contribution in [2.75, 3.05) is 5.32 Å². The molecular weight excluding hydrogens is 174 g/mol. The predicted octanol–water partition coefficient (Wildman–Crippen LogP) is 2.89. The summed E-state index contributed by atoms with van der Waals surface area (Å²) in [6, 6.07) is 2.58. The van der Waals surface area contributed by atoms with E-state index in [9.17, 15) is 0 Å². The summed E-state index contributed by atoms with van der Waals surface area (Å²) in [7, 11) is 0. The van der Waals surface area contributed by atoms with Gasteiger partial charge in [-0.2, -0.15) is 5.10 Å². The second-order valence-electron chi connectivity index (χ2n) is 3.77. The molecular formula is C11H21N3. The maximum Gasteiger partial charge on any atom is 0.124 e. The van der Waals surface area contributed by atoms with Gasteiger partial charge in [0.1, 0.15) is 5.82 Å². The first-order valence-corrected chi connectivity index (χ1v) is 5.56. The van der Waals surface area contributed by atoms with Crippen molar-refractivity contribution in [2.45, 2.75) is 52.6 Å². The summed E-state index contributed by atoms with van der Waals surface area (Å²) in [5.41, 5.74) is 0. The smallest absolute Gasteiger partial charge is 0.124 e. The average Bonchev–Trinajstić information content (AvgIpc) is 2.54. The zero-order valence-electron chi connectivity index (χ0n) is 9.45. The highest BCUT2D eigenvalue weighted by atomic mass is 15.3. The van der Waals surface area contributed by atoms with Crippen LogP contribution < -0.4 is 5.32 Å². The summed E-state index contributed by atoms with van der Waals surface area (Å²) in [6.45, 7) is 7.59. The normalized spacial score (nSPS) is 12.8. The Morgan fingerprint density at radius 2 is 2.21 bits per heavy atom. The lowest BCUT2D eigenvalue weighted by Crippen LogP contribution is -2.17. The van der Waals surface area contributed by atoms with E-state index in [2.05, 4.69) is 31.2 Å². The van der Waals surface area contributed by atoms with Gasteiger partial charge in [-0.05, 0) is 19.8 Å². The van der Waals surface area contributed by atoms with Gasteiger partial charge in [0.2, 0.25) is 0 Å². The molecule has 0 aromatic carbocycles. The lowest BCUT2D eigenvalue weighted by molar-refractivity contribution is 0.595. The molecule has 1 aromatic rings. The van der Waals surface area contributed by atoms with E-state index in [1.807, 2.05) is 16.9 Å². The fraction of sp³-hybridized carbons (Fsp3) is 0.727. The number of nitrogens with zero attached hydrogens (tertiary/aromatic N) is 2. The lowest BCUT2D eigenvalue weighted by Gasteiger charge is -2.15. The summed E-state index contributed by atoms with van der Waals surface area (Å²) in [6.07, 6.45) is 5.41. The molecule has 1 heterocycles. The van der Waals surface area contributed by atoms with E-state index in [4.69, 9.17) is 0 Å². The number of rotatable bonds is 6. The molecule has 0 radical (unpaired) electrons. The summed E-state index contributed by atoms with van der Waals surface area (Å²) >= 11 is 0. The van der Waals surface area contributed by atoms with Gasteiger partial charge in [-0.15, -0.1) is 0 Å². The van der Waals surface area contributed by atoms with Gasteiger partial charge in [-0.25, -0.2) is 4.68 Å². The lowest BCUT2D eigenvalue weighted by atomic mass is 10.2. The summed E-state index contributed by atoms with van der Waals surface area (Å²) in [4.78, 5) is 0. The van der Waals surface area contributed by atoms with Crippen molar-refractivity contribution in [3.63, 3.8) is 0 Å². The van der Waals surface area contributed by atoms with E-state index in [1.54, 1.807) is 0 Å². The summed E-state index contributed by atoms with van der Waals surface area (Å²) in [5, 5.41) is 7.75. The third-order valence-corrected chi connectivity index (χ3v) is 2.27. The highest BCUT2D eigenvalue weighted by molar-refractivity contribution is 5.34. The number of aromatic nitrogens is 2. The molecule has 1 unspecified atom stereocenters. The minimum Gasteiger partial charge on any atom is -0.368 e. The van der Waals surface area contributed by atoms with Crippen molar-refractivity contribution >= 4 is 5.82 Å². The van der Waals surface area contributed by atoms with E-state index >= 15 is 0 Å². The van der Waals surface area contributed by atoms with Crippen LogP contribution in [0.15, 0.2) is 12.3 Å². The zero-order chi connectivity index (χ0) is 10.4. The standard InChI is InChI=1S/C11H21N3/c1-4-6-10(3)13-11-7-8-12-14(11)9-5-2/h7-8,10,13H,4-6,9H2,1-3H3. The SMILES string of the molecule is CCCC(C)Nc1ccnn1CCC. The second-order valence-corrected chi connectivity index (χ2v) is 3.77. The molecule has 1 atom stereocenters. The minimum atomic E-state index is 0.535. The highest BCUT2D eigenvalue weighted by Gasteiger charge is 2.04. The van der Waals surface area contributed by atoms with Gasteiger partial charge in [0.05, 0.1) is 6.20 Å². The Labute approximate surface area is 86.5 Å². The molecule has 0 saturated carbocycles. The fourth-order valence-electron chi connectivity index (χ4n) is 1.60. The van der Waals surface area contributed by atoms with Gasteiger partial charge < -0.3 is 5.32 Å². The van der Waals surface area contributed by atoms with Crippen LogP contribution >= 0.6 is 0 Å². The van der Waals surface area contributed by atoms with Gasteiger partial charge in [-0.1, -0.05) is 20.3 Å². The Morgan fingerprint density at radius 1 is 1.43 bits per heavy atom. The maximum atomic E-state index is 4.27. The van der Waals surface area contributed by atoms with Crippen molar-refractivity contribution in [3.05, 3.63) is 12.3 Å². The Hall–Kier alpha value is -0.990. The van der Waals surface area contributed by atoms with Crippen molar-refractivity contribution < 1.29 is 0 Å². The molecule has 80 valence electrons. The number of anilines is 1. The van der Waals surface area contributed by atoms with Crippen LogP contribution in [0.4, 0.5) is 5.82 Å². The van der Waals surface area contributed by atoms with Crippen LogP contribution in [0.2, 0.25) is 0 Å². The second kappa shape index (κ2) is 5.68. The Bertz CT molecular complexity index is 255. The topological polar surface area (TPSA) is 29.9 Å². The van der Waals surface area contributed by atoms with Gasteiger partial charge in [0, 0.05) is 18.7 Å². The third kappa shape index (κ3) is 3.05. The van der Waals surface area contributed by atoms with Crippen LogP contribution in [0.25, 0.3) is 0 Å². The molecule has 0 spiro atoms. The van der Waals surface area contributed by atoms with Crippen LogP contribution in [0, 0.1) is 0 Å². The molecule has 0 aliphatic rings. The molecule has 14 heavy (non-hydrogen) atoms. The molecule has 3 nitrogen and oxygen atoms in total. The third-order valence-electron chi connectivity index (χ3n) is 2.27. The molecule has 0 fully saturated rings. The Balaban J connectivity index is 2.52. The quantitative estimate of drug-likeness (QED) is 0.756. The van der Waals surface area contributed by atoms with Crippen molar-refractivity contribution in [1.82, 2.24) is 9.78 Å². The first kappa shape index (κ1) is 11.1. The molecule has 0 amide bonds. The first-order valence-electron chi connectivity index (χ1n) is 5.56. The van der Waals surface area contributed by atoms with Gasteiger partial charge in [0.25, 0.3) is 0 Å². The van der Waals surface area contributed by atoms with E-state index in [-0.39, 0.29) is 0 Å². The zero-order valence-corrected chi connectivity index (χ0v) is 9.45. The van der Waals surface area contributed by atoms with Crippen LogP contribution in [0.3, 0.4) is 0 Å². The molecule has 3 heteroatoms. The van der Waals surface area contributed by atoms with Gasteiger partial charge in [-0.3, -0.25) is 0 Å². The Morgan fingerprint density at radius 3 is 2.86 bits per heavy atom. The van der Waals surface area contributed by atoms with E-state index in [0.29, 0.717) is 6.04 Å². The molecule has 0 bridgehead atoms. The van der Waals surface area contributed by atoms with Crippen LogP contribution in [-0.4, -0.2) is 15.8 Å². The van der Waals surface area contributed by atoms with Crippen molar-refractivity contribution in [2.24, 2.45) is 0 Å². The fourth-order valence-corrected chi connectivity index (χ4v) is 1.60.